The molecule has 0 radical (unpaired) electrons. The van der Waals surface area contributed by atoms with Gasteiger partial charge >= 0.3 is 0 Å². The molecule has 112 valence electrons. The second-order valence-corrected chi connectivity index (χ2v) is 6.32. The number of aryl methyl sites for hydroxylation is 1. The van der Waals surface area contributed by atoms with Gasteiger partial charge in [0.1, 0.15) is 0 Å². The van der Waals surface area contributed by atoms with Gasteiger partial charge in [-0.1, -0.05) is 24.9 Å². The minimum absolute atomic E-state index is 0.183. The zero-order valence-electron chi connectivity index (χ0n) is 12.3. The summed E-state index contributed by atoms with van der Waals surface area (Å²) in [6.07, 6.45) is 5.55. The third-order valence-corrected chi connectivity index (χ3v) is 4.51. The first kappa shape index (κ1) is 14.5. The molecule has 0 saturated carbocycles. The van der Waals surface area contributed by atoms with Crippen LogP contribution in [-0.2, 0) is 17.6 Å². The summed E-state index contributed by atoms with van der Waals surface area (Å²) in [5.41, 5.74) is 3.76. The number of halogens is 1. The Morgan fingerprint density at radius 3 is 3.14 bits per heavy atom. The molecule has 1 aliphatic carbocycles. The van der Waals surface area contributed by atoms with E-state index in [2.05, 4.69) is 17.2 Å². The van der Waals surface area contributed by atoms with E-state index in [9.17, 15) is 4.79 Å². The number of amides is 1. The Morgan fingerprint density at radius 1 is 1.48 bits per heavy atom. The van der Waals surface area contributed by atoms with Crippen molar-refractivity contribution in [1.29, 1.82) is 0 Å². The lowest BCUT2D eigenvalue weighted by molar-refractivity contribution is -0.122. The van der Waals surface area contributed by atoms with Gasteiger partial charge in [0.25, 0.3) is 0 Å². The Labute approximate surface area is 130 Å². The largest absolute Gasteiger partial charge is 0.358 e. The number of fused-ring (bicyclic) bond motifs is 3. The van der Waals surface area contributed by atoms with Crippen molar-refractivity contribution < 1.29 is 4.79 Å². The van der Waals surface area contributed by atoms with Crippen molar-refractivity contribution in [3.63, 3.8) is 0 Å². The van der Waals surface area contributed by atoms with Crippen LogP contribution in [0.5, 0.6) is 0 Å². The van der Waals surface area contributed by atoms with Crippen LogP contribution in [0.1, 0.15) is 43.9 Å². The Balaban J connectivity index is 1.76. The second-order valence-electron chi connectivity index (χ2n) is 5.88. The van der Waals surface area contributed by atoms with Crippen LogP contribution in [0.15, 0.2) is 18.2 Å². The van der Waals surface area contributed by atoms with Gasteiger partial charge in [0.2, 0.25) is 5.91 Å². The van der Waals surface area contributed by atoms with Crippen LogP contribution in [0.25, 0.3) is 10.9 Å². The molecule has 1 aliphatic rings. The number of benzene rings is 1. The summed E-state index contributed by atoms with van der Waals surface area (Å²) in [6.45, 7) is 2.11. The number of rotatable bonds is 4. The number of carbonyl (C=O) groups is 1. The quantitative estimate of drug-likeness (QED) is 0.881. The van der Waals surface area contributed by atoms with Gasteiger partial charge in [0, 0.05) is 34.1 Å². The Hall–Kier alpha value is -1.48. The van der Waals surface area contributed by atoms with Crippen molar-refractivity contribution in [3.8, 4) is 0 Å². The molecule has 3 nitrogen and oxygen atoms in total. The van der Waals surface area contributed by atoms with Crippen LogP contribution in [0.3, 0.4) is 0 Å². The number of carbonyl (C=O) groups excluding carboxylic acids is 1. The number of nitrogens with one attached hydrogen (secondary N) is 2. The summed E-state index contributed by atoms with van der Waals surface area (Å²) in [6, 6.07) is 6.22. The maximum Gasteiger partial charge on any atom is 0.220 e. The molecule has 1 atom stereocenters. The van der Waals surface area contributed by atoms with E-state index in [0.29, 0.717) is 6.42 Å². The number of unbranched alkanes of at least 4 members (excludes halogenated alkanes) is 1. The molecule has 1 unspecified atom stereocenters. The van der Waals surface area contributed by atoms with Gasteiger partial charge in [0.05, 0.1) is 0 Å². The van der Waals surface area contributed by atoms with Gasteiger partial charge in [-0.3, -0.25) is 4.79 Å². The predicted molar refractivity (Wildman–Crippen MR) is 86.8 cm³/mol. The van der Waals surface area contributed by atoms with Crippen molar-refractivity contribution >= 4 is 28.4 Å². The van der Waals surface area contributed by atoms with E-state index in [0.717, 1.165) is 42.6 Å². The Bertz CT molecular complexity index is 662. The van der Waals surface area contributed by atoms with Crippen LogP contribution in [0.2, 0.25) is 5.02 Å². The van der Waals surface area contributed by atoms with Gasteiger partial charge in [-0.15, -0.1) is 0 Å². The molecule has 0 aliphatic heterocycles. The minimum Gasteiger partial charge on any atom is -0.358 e. The van der Waals surface area contributed by atoms with E-state index in [1.54, 1.807) is 0 Å². The van der Waals surface area contributed by atoms with Crippen LogP contribution < -0.4 is 5.32 Å². The summed E-state index contributed by atoms with van der Waals surface area (Å²) >= 11 is 6.11. The van der Waals surface area contributed by atoms with E-state index < -0.39 is 0 Å². The summed E-state index contributed by atoms with van der Waals surface area (Å²) in [7, 11) is 0. The molecule has 1 amide bonds. The lowest BCUT2D eigenvalue weighted by Gasteiger charge is -2.23. The fourth-order valence-electron chi connectivity index (χ4n) is 3.15. The zero-order valence-corrected chi connectivity index (χ0v) is 13.1. The highest BCUT2D eigenvalue weighted by molar-refractivity contribution is 6.31. The van der Waals surface area contributed by atoms with Crippen molar-refractivity contribution in [1.82, 2.24) is 10.3 Å². The Morgan fingerprint density at radius 2 is 2.33 bits per heavy atom. The lowest BCUT2D eigenvalue weighted by Crippen LogP contribution is -2.38. The topological polar surface area (TPSA) is 44.9 Å². The fourth-order valence-corrected chi connectivity index (χ4v) is 3.32. The molecule has 1 aromatic heterocycles. The van der Waals surface area contributed by atoms with Crippen LogP contribution >= 0.6 is 11.6 Å². The predicted octanol–water partition coefficient (Wildman–Crippen LogP) is 3.99. The third kappa shape index (κ3) is 3.08. The molecule has 4 heteroatoms. The van der Waals surface area contributed by atoms with Gasteiger partial charge in [0.15, 0.2) is 0 Å². The van der Waals surface area contributed by atoms with Crippen molar-refractivity contribution in [2.24, 2.45) is 0 Å². The van der Waals surface area contributed by atoms with Crippen molar-refractivity contribution in [3.05, 3.63) is 34.5 Å². The molecular formula is C17H21ClN2O. The van der Waals surface area contributed by atoms with E-state index in [4.69, 9.17) is 11.6 Å². The highest BCUT2D eigenvalue weighted by Crippen LogP contribution is 2.31. The molecular weight excluding hydrogens is 284 g/mol. The lowest BCUT2D eigenvalue weighted by atomic mass is 9.91. The molecule has 0 spiro atoms. The highest BCUT2D eigenvalue weighted by Gasteiger charge is 2.23. The standard InChI is InChI=1S/C17H21ClN2O/c1-2-3-4-17(21)19-12-6-8-16-14(10-12)13-9-11(18)5-7-15(13)20-16/h5,7,9,12,20H,2-4,6,8,10H2,1H3,(H,19,21). The Kier molecular flexibility index (Phi) is 4.20. The molecule has 21 heavy (non-hydrogen) atoms. The summed E-state index contributed by atoms with van der Waals surface area (Å²) in [4.78, 5) is 15.4. The average Bonchev–Trinajstić information content (AvgIpc) is 2.82. The SMILES string of the molecule is CCCCC(=O)NC1CCc2[nH]c3ccc(Cl)cc3c2C1. The molecule has 2 aromatic rings. The maximum absolute atomic E-state index is 11.9. The molecule has 0 saturated heterocycles. The first-order valence-electron chi connectivity index (χ1n) is 7.75. The molecule has 0 fully saturated rings. The first-order valence-corrected chi connectivity index (χ1v) is 8.13. The molecule has 3 rings (SSSR count). The number of hydrogen-bond donors (Lipinski definition) is 2. The third-order valence-electron chi connectivity index (χ3n) is 4.27. The molecule has 1 heterocycles. The van der Waals surface area contributed by atoms with E-state index in [1.807, 2.05) is 18.2 Å². The molecule has 2 N–H and O–H groups in total. The van der Waals surface area contributed by atoms with Gasteiger partial charge in [-0.05, 0) is 49.4 Å². The number of aromatic amines is 1. The van der Waals surface area contributed by atoms with Crippen LogP contribution in [-0.4, -0.2) is 16.9 Å². The number of H-pyrrole nitrogens is 1. The van der Waals surface area contributed by atoms with Gasteiger partial charge in [-0.25, -0.2) is 0 Å². The van der Waals surface area contributed by atoms with E-state index in [1.165, 1.54) is 16.6 Å². The monoisotopic (exact) mass is 304 g/mol. The smallest absolute Gasteiger partial charge is 0.220 e. The van der Waals surface area contributed by atoms with Gasteiger partial charge < -0.3 is 10.3 Å². The van der Waals surface area contributed by atoms with Crippen LogP contribution in [0, 0.1) is 0 Å². The van der Waals surface area contributed by atoms with E-state index >= 15 is 0 Å². The minimum atomic E-state index is 0.183. The molecule has 0 bridgehead atoms. The zero-order chi connectivity index (χ0) is 14.8. The summed E-state index contributed by atoms with van der Waals surface area (Å²) in [5.74, 6) is 0.183. The van der Waals surface area contributed by atoms with Crippen LogP contribution in [0.4, 0.5) is 0 Å². The fraction of sp³-hybridized carbons (Fsp3) is 0.471. The maximum atomic E-state index is 11.9. The average molecular weight is 305 g/mol. The number of hydrogen-bond acceptors (Lipinski definition) is 1. The summed E-state index contributed by atoms with van der Waals surface area (Å²) < 4.78 is 0. The summed E-state index contributed by atoms with van der Waals surface area (Å²) in [5, 5.41) is 5.14. The normalized spacial score (nSPS) is 17.7. The van der Waals surface area contributed by atoms with E-state index in [-0.39, 0.29) is 11.9 Å². The highest BCUT2D eigenvalue weighted by atomic mass is 35.5. The second kappa shape index (κ2) is 6.10. The number of aromatic nitrogens is 1. The van der Waals surface area contributed by atoms with Crippen molar-refractivity contribution in [2.45, 2.75) is 51.5 Å². The van der Waals surface area contributed by atoms with Crippen molar-refractivity contribution in [2.75, 3.05) is 0 Å². The molecule has 1 aromatic carbocycles. The van der Waals surface area contributed by atoms with Gasteiger partial charge in [-0.2, -0.15) is 0 Å². The first-order chi connectivity index (χ1) is 10.2.